The van der Waals surface area contributed by atoms with E-state index in [-0.39, 0.29) is 0 Å². The van der Waals surface area contributed by atoms with E-state index in [1.807, 2.05) is 31.3 Å². The van der Waals surface area contributed by atoms with E-state index >= 15 is 0 Å². The van der Waals surface area contributed by atoms with Crippen LogP contribution < -0.4 is 14.8 Å². The van der Waals surface area contributed by atoms with Gasteiger partial charge in [-0.15, -0.1) is 0 Å². The summed E-state index contributed by atoms with van der Waals surface area (Å²) in [5, 5.41) is 3.15. The number of rotatable bonds is 9. The molecule has 0 fully saturated rings. The van der Waals surface area contributed by atoms with Crippen molar-refractivity contribution in [1.29, 1.82) is 0 Å². The predicted octanol–water partition coefficient (Wildman–Crippen LogP) is 2.85. The Bertz CT molecular complexity index is 285. The molecule has 3 heteroatoms. The van der Waals surface area contributed by atoms with Crippen molar-refractivity contribution in [3.05, 3.63) is 24.3 Å². The van der Waals surface area contributed by atoms with E-state index in [1.54, 1.807) is 7.11 Å². The van der Waals surface area contributed by atoms with Gasteiger partial charge in [0.05, 0.1) is 13.7 Å². The molecule has 1 aromatic rings. The second-order valence-corrected chi connectivity index (χ2v) is 4.04. The lowest BCUT2D eigenvalue weighted by Gasteiger charge is -2.06. The zero-order valence-electron chi connectivity index (χ0n) is 10.9. The van der Waals surface area contributed by atoms with Crippen LogP contribution in [0, 0.1) is 0 Å². The highest BCUT2D eigenvalue weighted by atomic mass is 16.5. The molecule has 0 aliphatic heterocycles. The number of unbranched alkanes of at least 4 members (excludes halogenated alkanes) is 3. The smallest absolute Gasteiger partial charge is 0.119 e. The first-order valence-electron chi connectivity index (χ1n) is 6.28. The fourth-order valence-corrected chi connectivity index (χ4v) is 1.62. The second kappa shape index (κ2) is 8.88. The van der Waals surface area contributed by atoms with Crippen LogP contribution in [0.25, 0.3) is 0 Å². The zero-order chi connectivity index (χ0) is 12.3. The number of ether oxygens (including phenoxy) is 2. The second-order valence-electron chi connectivity index (χ2n) is 4.04. The van der Waals surface area contributed by atoms with Crippen molar-refractivity contribution in [2.75, 3.05) is 27.3 Å². The topological polar surface area (TPSA) is 30.5 Å². The van der Waals surface area contributed by atoms with Gasteiger partial charge in [-0.3, -0.25) is 0 Å². The summed E-state index contributed by atoms with van der Waals surface area (Å²) in [6, 6.07) is 7.73. The van der Waals surface area contributed by atoms with Gasteiger partial charge in [0.15, 0.2) is 0 Å². The Balaban J connectivity index is 2.05. The molecule has 1 N–H and O–H groups in total. The first-order chi connectivity index (χ1) is 8.36. The Kier molecular flexibility index (Phi) is 7.23. The highest BCUT2D eigenvalue weighted by Gasteiger charge is 1.95. The molecule has 96 valence electrons. The van der Waals surface area contributed by atoms with Crippen molar-refractivity contribution in [3.8, 4) is 11.5 Å². The van der Waals surface area contributed by atoms with Crippen LogP contribution >= 0.6 is 0 Å². The molecule has 0 atom stereocenters. The highest BCUT2D eigenvalue weighted by molar-refractivity contribution is 5.30. The van der Waals surface area contributed by atoms with Crippen LogP contribution in [0.2, 0.25) is 0 Å². The SMILES string of the molecule is CNCCCCCCOc1ccc(OC)cc1. The summed E-state index contributed by atoms with van der Waals surface area (Å²) >= 11 is 0. The fourth-order valence-electron chi connectivity index (χ4n) is 1.62. The van der Waals surface area contributed by atoms with Crippen molar-refractivity contribution in [1.82, 2.24) is 5.32 Å². The molecule has 0 aromatic heterocycles. The molecule has 0 unspecified atom stereocenters. The molecular formula is C14H23NO2. The van der Waals surface area contributed by atoms with Crippen LogP contribution in [0.3, 0.4) is 0 Å². The predicted molar refractivity (Wildman–Crippen MR) is 70.9 cm³/mol. The summed E-state index contributed by atoms with van der Waals surface area (Å²) in [6.45, 7) is 1.91. The third-order valence-electron chi connectivity index (χ3n) is 2.65. The van der Waals surface area contributed by atoms with Crippen molar-refractivity contribution in [2.45, 2.75) is 25.7 Å². The Morgan fingerprint density at radius 3 is 2.24 bits per heavy atom. The maximum absolute atomic E-state index is 5.64. The highest BCUT2D eigenvalue weighted by Crippen LogP contribution is 2.17. The third kappa shape index (κ3) is 6.17. The van der Waals surface area contributed by atoms with E-state index < -0.39 is 0 Å². The molecule has 0 saturated heterocycles. The van der Waals surface area contributed by atoms with Gasteiger partial charge in [-0.25, -0.2) is 0 Å². The standard InChI is InChI=1S/C14H23NO2/c1-15-11-5-3-4-6-12-17-14-9-7-13(16-2)8-10-14/h7-10,15H,3-6,11-12H2,1-2H3. The summed E-state index contributed by atoms with van der Waals surface area (Å²) in [5.74, 6) is 1.78. The van der Waals surface area contributed by atoms with Gasteiger partial charge >= 0.3 is 0 Å². The Hall–Kier alpha value is -1.22. The number of methoxy groups -OCH3 is 1. The van der Waals surface area contributed by atoms with E-state index in [2.05, 4.69) is 5.32 Å². The number of nitrogens with one attached hydrogen (secondary N) is 1. The van der Waals surface area contributed by atoms with Crippen LogP contribution in [-0.4, -0.2) is 27.3 Å². The number of benzene rings is 1. The molecule has 1 aromatic carbocycles. The van der Waals surface area contributed by atoms with E-state index in [0.717, 1.165) is 31.1 Å². The maximum Gasteiger partial charge on any atom is 0.119 e. The van der Waals surface area contributed by atoms with Gasteiger partial charge in [0.25, 0.3) is 0 Å². The van der Waals surface area contributed by atoms with Gasteiger partial charge in [-0.1, -0.05) is 12.8 Å². The minimum absolute atomic E-state index is 0.798. The van der Waals surface area contributed by atoms with E-state index in [1.165, 1.54) is 19.3 Å². The monoisotopic (exact) mass is 237 g/mol. The third-order valence-corrected chi connectivity index (χ3v) is 2.65. The minimum Gasteiger partial charge on any atom is -0.497 e. The fraction of sp³-hybridized carbons (Fsp3) is 0.571. The largest absolute Gasteiger partial charge is 0.497 e. The van der Waals surface area contributed by atoms with Gasteiger partial charge in [0.2, 0.25) is 0 Å². The Morgan fingerprint density at radius 2 is 1.59 bits per heavy atom. The summed E-state index contributed by atoms with van der Waals surface area (Å²) < 4.78 is 10.7. The first-order valence-corrected chi connectivity index (χ1v) is 6.28. The van der Waals surface area contributed by atoms with Gasteiger partial charge in [0, 0.05) is 0 Å². The summed E-state index contributed by atoms with van der Waals surface area (Å²) in [4.78, 5) is 0. The van der Waals surface area contributed by atoms with Gasteiger partial charge < -0.3 is 14.8 Å². The van der Waals surface area contributed by atoms with E-state index in [0.29, 0.717) is 0 Å². The Labute approximate surface area is 104 Å². The Morgan fingerprint density at radius 1 is 0.941 bits per heavy atom. The van der Waals surface area contributed by atoms with Crippen molar-refractivity contribution < 1.29 is 9.47 Å². The average molecular weight is 237 g/mol. The lowest BCUT2D eigenvalue weighted by Crippen LogP contribution is -2.07. The summed E-state index contributed by atoms with van der Waals surface area (Å²) in [7, 11) is 3.66. The molecule has 0 saturated carbocycles. The molecular weight excluding hydrogens is 214 g/mol. The van der Waals surface area contributed by atoms with E-state index in [9.17, 15) is 0 Å². The molecule has 0 aliphatic carbocycles. The van der Waals surface area contributed by atoms with Crippen LogP contribution in [0.4, 0.5) is 0 Å². The van der Waals surface area contributed by atoms with Crippen molar-refractivity contribution >= 4 is 0 Å². The minimum atomic E-state index is 0.798. The summed E-state index contributed by atoms with van der Waals surface area (Å²) in [6.07, 6.45) is 4.87. The molecule has 0 spiro atoms. The molecule has 0 amide bonds. The first kappa shape index (κ1) is 13.8. The van der Waals surface area contributed by atoms with Crippen LogP contribution in [0.15, 0.2) is 24.3 Å². The van der Waals surface area contributed by atoms with Gasteiger partial charge in [-0.2, -0.15) is 0 Å². The van der Waals surface area contributed by atoms with Crippen LogP contribution in [0.5, 0.6) is 11.5 Å². The van der Waals surface area contributed by atoms with Crippen molar-refractivity contribution in [2.24, 2.45) is 0 Å². The average Bonchev–Trinajstić information content (AvgIpc) is 2.38. The zero-order valence-corrected chi connectivity index (χ0v) is 10.9. The molecule has 0 heterocycles. The van der Waals surface area contributed by atoms with Crippen molar-refractivity contribution in [3.63, 3.8) is 0 Å². The van der Waals surface area contributed by atoms with Crippen LogP contribution in [0.1, 0.15) is 25.7 Å². The molecule has 1 rings (SSSR count). The van der Waals surface area contributed by atoms with Gasteiger partial charge in [-0.05, 0) is 50.7 Å². The number of hydrogen-bond donors (Lipinski definition) is 1. The maximum atomic E-state index is 5.64. The number of hydrogen-bond acceptors (Lipinski definition) is 3. The lowest BCUT2D eigenvalue weighted by atomic mass is 10.2. The molecule has 0 radical (unpaired) electrons. The molecule has 0 bridgehead atoms. The quantitative estimate of drug-likeness (QED) is 0.670. The normalized spacial score (nSPS) is 10.2. The van der Waals surface area contributed by atoms with Crippen LogP contribution in [-0.2, 0) is 0 Å². The molecule has 0 aliphatic rings. The summed E-state index contributed by atoms with van der Waals surface area (Å²) in [5.41, 5.74) is 0. The lowest BCUT2D eigenvalue weighted by molar-refractivity contribution is 0.304. The van der Waals surface area contributed by atoms with Gasteiger partial charge in [0.1, 0.15) is 11.5 Å². The molecule has 17 heavy (non-hydrogen) atoms. The molecule has 3 nitrogen and oxygen atoms in total. The van der Waals surface area contributed by atoms with E-state index in [4.69, 9.17) is 9.47 Å².